The quantitative estimate of drug-likeness (QED) is 0.792. The molecule has 126 valence electrons. The Labute approximate surface area is 146 Å². The first-order chi connectivity index (χ1) is 12.1. The van der Waals surface area contributed by atoms with Crippen molar-refractivity contribution in [1.82, 2.24) is 15.5 Å². The number of carbonyl (C=O) groups is 1. The molecule has 1 atom stereocenters. The van der Waals surface area contributed by atoms with Gasteiger partial charge in [0.15, 0.2) is 0 Å². The molecule has 1 aromatic carbocycles. The van der Waals surface area contributed by atoms with Crippen molar-refractivity contribution in [3.63, 3.8) is 0 Å². The standard InChI is InChI=1S/C20H19N3O2/c1-12-9-16(7-8-21-12)20(24)22-18-6-4-14-11-15(3-5-17(14)18)19-10-13(2)25-23-19/h3,5,7-11,18H,4,6H2,1-2H3,(H,22,24)/t18-/m1/s1. The zero-order valence-corrected chi connectivity index (χ0v) is 14.2. The largest absolute Gasteiger partial charge is 0.361 e. The fourth-order valence-electron chi connectivity index (χ4n) is 3.36. The minimum atomic E-state index is -0.0560. The number of hydrogen-bond acceptors (Lipinski definition) is 4. The minimum absolute atomic E-state index is 0.0454. The monoisotopic (exact) mass is 333 g/mol. The molecule has 4 rings (SSSR count). The van der Waals surface area contributed by atoms with Gasteiger partial charge in [-0.25, -0.2) is 0 Å². The van der Waals surface area contributed by atoms with Crippen molar-refractivity contribution in [1.29, 1.82) is 0 Å². The number of pyridine rings is 1. The Hall–Kier alpha value is -2.95. The predicted octanol–water partition coefficient (Wildman–Crippen LogP) is 3.77. The van der Waals surface area contributed by atoms with Crippen molar-refractivity contribution in [2.45, 2.75) is 32.7 Å². The molecule has 1 N–H and O–H groups in total. The summed E-state index contributed by atoms with van der Waals surface area (Å²) in [4.78, 5) is 16.6. The SMILES string of the molecule is Cc1cc(C(=O)N[C@@H]2CCc3cc(-c4cc(C)on4)ccc32)ccn1. The molecule has 0 saturated carbocycles. The minimum Gasteiger partial charge on any atom is -0.361 e. The van der Waals surface area contributed by atoms with E-state index in [1.54, 1.807) is 18.3 Å². The summed E-state index contributed by atoms with van der Waals surface area (Å²) < 4.78 is 5.16. The summed E-state index contributed by atoms with van der Waals surface area (Å²) in [5.74, 6) is 0.743. The van der Waals surface area contributed by atoms with Crippen LogP contribution < -0.4 is 5.32 Å². The Morgan fingerprint density at radius 1 is 1.20 bits per heavy atom. The first kappa shape index (κ1) is 15.6. The molecule has 25 heavy (non-hydrogen) atoms. The maximum Gasteiger partial charge on any atom is 0.251 e. The van der Waals surface area contributed by atoms with Crippen molar-refractivity contribution < 1.29 is 9.32 Å². The van der Waals surface area contributed by atoms with Crippen LogP contribution >= 0.6 is 0 Å². The van der Waals surface area contributed by atoms with E-state index in [2.05, 4.69) is 27.6 Å². The van der Waals surface area contributed by atoms with Crippen molar-refractivity contribution in [3.05, 3.63) is 70.7 Å². The lowest BCUT2D eigenvalue weighted by atomic mass is 10.0. The lowest BCUT2D eigenvalue weighted by Gasteiger charge is -2.14. The number of aromatic nitrogens is 2. The summed E-state index contributed by atoms with van der Waals surface area (Å²) >= 11 is 0. The molecule has 1 aliphatic carbocycles. The fraction of sp³-hybridized carbons (Fsp3) is 0.250. The predicted molar refractivity (Wildman–Crippen MR) is 94.2 cm³/mol. The number of nitrogens with zero attached hydrogens (tertiary/aromatic N) is 2. The van der Waals surface area contributed by atoms with Gasteiger partial charge in [-0.2, -0.15) is 0 Å². The van der Waals surface area contributed by atoms with Crippen LogP contribution in [0.2, 0.25) is 0 Å². The number of benzene rings is 1. The third kappa shape index (κ3) is 3.05. The van der Waals surface area contributed by atoms with Crippen LogP contribution in [0.15, 0.2) is 47.1 Å². The van der Waals surface area contributed by atoms with Gasteiger partial charge in [-0.1, -0.05) is 17.3 Å². The highest BCUT2D eigenvalue weighted by Crippen LogP contribution is 2.34. The fourth-order valence-corrected chi connectivity index (χ4v) is 3.36. The van der Waals surface area contributed by atoms with Gasteiger partial charge < -0.3 is 9.84 Å². The molecule has 1 amide bonds. The van der Waals surface area contributed by atoms with Gasteiger partial charge in [0.05, 0.1) is 6.04 Å². The number of amides is 1. The molecule has 5 nitrogen and oxygen atoms in total. The molecule has 2 heterocycles. The van der Waals surface area contributed by atoms with E-state index in [9.17, 15) is 4.79 Å². The highest BCUT2D eigenvalue weighted by atomic mass is 16.5. The van der Waals surface area contributed by atoms with Crippen molar-refractivity contribution in [3.8, 4) is 11.3 Å². The molecule has 2 aromatic heterocycles. The Bertz CT molecular complexity index is 946. The number of nitrogens with one attached hydrogen (secondary N) is 1. The summed E-state index contributed by atoms with van der Waals surface area (Å²) in [5, 5.41) is 7.22. The highest BCUT2D eigenvalue weighted by molar-refractivity contribution is 5.94. The zero-order valence-electron chi connectivity index (χ0n) is 14.2. The summed E-state index contributed by atoms with van der Waals surface area (Å²) in [6.45, 7) is 3.77. The molecular formula is C20H19N3O2. The Morgan fingerprint density at radius 2 is 2.08 bits per heavy atom. The van der Waals surface area contributed by atoms with Crippen LogP contribution in [0.3, 0.4) is 0 Å². The maximum atomic E-state index is 12.5. The van der Waals surface area contributed by atoms with Crippen molar-refractivity contribution in [2.75, 3.05) is 0 Å². The Morgan fingerprint density at radius 3 is 2.84 bits per heavy atom. The molecule has 0 radical (unpaired) electrons. The lowest BCUT2D eigenvalue weighted by molar-refractivity contribution is 0.0936. The molecule has 0 aliphatic heterocycles. The van der Waals surface area contributed by atoms with Crippen LogP contribution in [0.25, 0.3) is 11.3 Å². The number of aryl methyl sites for hydroxylation is 3. The van der Waals surface area contributed by atoms with E-state index in [1.165, 1.54) is 11.1 Å². The van der Waals surface area contributed by atoms with E-state index >= 15 is 0 Å². The van der Waals surface area contributed by atoms with Crippen LogP contribution in [0.1, 0.15) is 45.4 Å². The Balaban J connectivity index is 1.55. The maximum absolute atomic E-state index is 12.5. The molecule has 0 fully saturated rings. The third-order valence-electron chi connectivity index (χ3n) is 4.61. The first-order valence-electron chi connectivity index (χ1n) is 8.40. The van der Waals surface area contributed by atoms with Gasteiger partial charge in [-0.05, 0) is 56.0 Å². The van der Waals surface area contributed by atoms with E-state index < -0.39 is 0 Å². The van der Waals surface area contributed by atoms with Crippen LogP contribution in [0.5, 0.6) is 0 Å². The number of hydrogen-bond donors (Lipinski definition) is 1. The summed E-state index contributed by atoms with van der Waals surface area (Å²) in [6, 6.07) is 11.8. The van der Waals surface area contributed by atoms with E-state index in [0.29, 0.717) is 5.56 Å². The molecule has 3 aromatic rings. The van der Waals surface area contributed by atoms with Gasteiger partial charge in [0.1, 0.15) is 11.5 Å². The number of rotatable bonds is 3. The second-order valence-corrected chi connectivity index (χ2v) is 6.49. The molecule has 1 aliphatic rings. The van der Waals surface area contributed by atoms with Gasteiger partial charge in [-0.15, -0.1) is 0 Å². The molecule has 0 bridgehead atoms. The topological polar surface area (TPSA) is 68.0 Å². The zero-order chi connectivity index (χ0) is 17.4. The van der Waals surface area contributed by atoms with Gasteiger partial charge in [0.2, 0.25) is 0 Å². The van der Waals surface area contributed by atoms with E-state index in [-0.39, 0.29) is 11.9 Å². The van der Waals surface area contributed by atoms with E-state index in [4.69, 9.17) is 4.52 Å². The molecule has 5 heteroatoms. The number of fused-ring (bicyclic) bond motifs is 1. The molecule has 0 spiro atoms. The molecular weight excluding hydrogens is 314 g/mol. The summed E-state index contributed by atoms with van der Waals surface area (Å²) in [5.41, 5.74) is 5.83. The second kappa shape index (κ2) is 6.16. The van der Waals surface area contributed by atoms with Crippen LogP contribution in [0.4, 0.5) is 0 Å². The molecule has 0 saturated heterocycles. The normalized spacial score (nSPS) is 15.8. The van der Waals surface area contributed by atoms with Crippen LogP contribution in [-0.2, 0) is 6.42 Å². The second-order valence-electron chi connectivity index (χ2n) is 6.49. The summed E-state index contributed by atoms with van der Waals surface area (Å²) in [6.07, 6.45) is 3.52. The highest BCUT2D eigenvalue weighted by Gasteiger charge is 2.25. The van der Waals surface area contributed by atoms with Gasteiger partial charge >= 0.3 is 0 Å². The number of carbonyl (C=O) groups excluding carboxylic acids is 1. The lowest BCUT2D eigenvalue weighted by Crippen LogP contribution is -2.27. The Kier molecular flexibility index (Phi) is 3.84. The average molecular weight is 333 g/mol. The van der Waals surface area contributed by atoms with E-state index in [0.717, 1.165) is 35.6 Å². The van der Waals surface area contributed by atoms with E-state index in [1.807, 2.05) is 26.0 Å². The van der Waals surface area contributed by atoms with Gasteiger partial charge in [0.25, 0.3) is 5.91 Å². The molecule has 0 unspecified atom stereocenters. The van der Waals surface area contributed by atoms with Crippen LogP contribution in [-0.4, -0.2) is 16.0 Å². The smallest absolute Gasteiger partial charge is 0.251 e. The van der Waals surface area contributed by atoms with Crippen LogP contribution in [0, 0.1) is 13.8 Å². The summed E-state index contributed by atoms with van der Waals surface area (Å²) in [7, 11) is 0. The first-order valence-corrected chi connectivity index (χ1v) is 8.40. The third-order valence-corrected chi connectivity index (χ3v) is 4.61. The van der Waals surface area contributed by atoms with Gasteiger partial charge in [0, 0.05) is 29.1 Å². The van der Waals surface area contributed by atoms with Gasteiger partial charge in [-0.3, -0.25) is 9.78 Å². The van der Waals surface area contributed by atoms with Crippen molar-refractivity contribution >= 4 is 5.91 Å². The van der Waals surface area contributed by atoms with Crippen molar-refractivity contribution in [2.24, 2.45) is 0 Å². The average Bonchev–Trinajstić information content (AvgIpc) is 3.21.